The summed E-state index contributed by atoms with van der Waals surface area (Å²) in [6.45, 7) is 6.56. The zero-order valence-corrected chi connectivity index (χ0v) is 27.8. The van der Waals surface area contributed by atoms with Gasteiger partial charge in [-0.25, -0.2) is 0 Å². The lowest BCUT2D eigenvalue weighted by Gasteiger charge is -2.33. The third-order valence-electron chi connectivity index (χ3n) is 10.5. The Morgan fingerprint density at radius 3 is 0.826 bits per heavy atom. The Labute approximate surface area is 272 Å². The fourth-order valence-corrected chi connectivity index (χ4v) is 7.25. The van der Waals surface area contributed by atoms with Gasteiger partial charge in [-0.2, -0.15) is 0 Å². The van der Waals surface area contributed by atoms with Gasteiger partial charge in [0, 0.05) is 0 Å². The van der Waals surface area contributed by atoms with E-state index < -0.39 is 67.9 Å². The molecular weight excluding hydrogens is 584 g/mol. The fraction of sp³-hybridized carbons (Fsp3) is 0.579. The van der Waals surface area contributed by atoms with Crippen molar-refractivity contribution in [1.29, 1.82) is 0 Å². The van der Waals surface area contributed by atoms with Crippen LogP contribution in [0.25, 0.3) is 0 Å². The van der Waals surface area contributed by atoms with Crippen molar-refractivity contribution in [3.8, 4) is 0 Å². The Kier molecular flexibility index (Phi) is 12.2. The van der Waals surface area contributed by atoms with E-state index in [1.807, 2.05) is 13.8 Å². The predicted octanol–water partition coefficient (Wildman–Crippen LogP) is 6.29. The first-order valence-electron chi connectivity index (χ1n) is 16.8. The van der Waals surface area contributed by atoms with Crippen LogP contribution in [0.5, 0.6) is 0 Å². The van der Waals surface area contributed by atoms with Crippen LogP contribution < -0.4 is 0 Å². The fourth-order valence-electron chi connectivity index (χ4n) is 7.25. The predicted molar refractivity (Wildman–Crippen MR) is 174 cm³/mol. The smallest absolute Gasteiger partial charge is 0.169 e. The summed E-state index contributed by atoms with van der Waals surface area (Å²) in [6.07, 6.45) is 14.8. The van der Waals surface area contributed by atoms with Crippen LogP contribution in [0, 0.1) is 21.7 Å². The molecule has 0 saturated heterocycles. The highest BCUT2D eigenvalue weighted by Crippen LogP contribution is 2.41. The molecule has 0 aromatic carbocycles. The first-order chi connectivity index (χ1) is 21.7. The second kappa shape index (κ2) is 15.3. The van der Waals surface area contributed by atoms with Crippen LogP contribution in [0.1, 0.15) is 118 Å². The van der Waals surface area contributed by atoms with Crippen molar-refractivity contribution in [1.82, 2.24) is 0 Å². The third kappa shape index (κ3) is 7.31. The number of carbonyl (C=O) groups excluding carboxylic acids is 8. The minimum absolute atomic E-state index is 0.155. The van der Waals surface area contributed by atoms with Crippen LogP contribution in [0.4, 0.5) is 0 Å². The van der Waals surface area contributed by atoms with Gasteiger partial charge in [0.2, 0.25) is 0 Å². The van der Waals surface area contributed by atoms with Crippen molar-refractivity contribution in [3.63, 3.8) is 0 Å². The highest BCUT2D eigenvalue weighted by Gasteiger charge is 2.46. The molecule has 0 atom stereocenters. The molecule has 0 aliphatic heterocycles. The molecule has 3 aliphatic rings. The van der Waals surface area contributed by atoms with Gasteiger partial charge in [-0.05, 0) is 101 Å². The summed E-state index contributed by atoms with van der Waals surface area (Å²) < 4.78 is 0. The SMILES string of the molecule is CCCC1(C)C(=O)C=CC(=O)C2(CCCCC2)C(=O)C=CC(=O)C(C)(CCC)C(=O)C=CC(=O)C2(CCCCC2)C(=O)C=CC1=O. The van der Waals surface area contributed by atoms with E-state index >= 15 is 0 Å². The van der Waals surface area contributed by atoms with E-state index in [1.54, 1.807) is 0 Å². The Morgan fingerprint density at radius 1 is 0.391 bits per heavy atom. The molecule has 2 spiro atoms. The molecule has 0 heterocycles. The Morgan fingerprint density at radius 2 is 0.609 bits per heavy atom. The summed E-state index contributed by atoms with van der Waals surface area (Å²) in [4.78, 5) is 109. The summed E-state index contributed by atoms with van der Waals surface area (Å²) in [7, 11) is 0. The molecule has 8 heteroatoms. The van der Waals surface area contributed by atoms with Crippen LogP contribution in [0.15, 0.2) is 48.6 Å². The van der Waals surface area contributed by atoms with E-state index in [-0.39, 0.29) is 38.5 Å². The van der Waals surface area contributed by atoms with Crippen molar-refractivity contribution in [3.05, 3.63) is 48.6 Å². The second-order valence-corrected chi connectivity index (χ2v) is 13.7. The normalized spacial score (nSPS) is 28.4. The number of rotatable bonds is 4. The van der Waals surface area contributed by atoms with Crippen molar-refractivity contribution in [2.24, 2.45) is 21.7 Å². The minimum atomic E-state index is -1.57. The Bertz CT molecular complexity index is 1200. The number of hydrogen-bond acceptors (Lipinski definition) is 8. The van der Waals surface area contributed by atoms with Gasteiger partial charge in [0.05, 0.1) is 21.7 Å². The number of hydrogen-bond donors (Lipinski definition) is 0. The molecule has 0 radical (unpaired) electrons. The highest BCUT2D eigenvalue weighted by atomic mass is 16.2. The zero-order chi connectivity index (χ0) is 34.2. The maximum atomic E-state index is 13.7. The minimum Gasteiger partial charge on any atom is -0.294 e. The van der Waals surface area contributed by atoms with Crippen molar-refractivity contribution >= 4 is 46.3 Å². The van der Waals surface area contributed by atoms with Gasteiger partial charge in [0.25, 0.3) is 0 Å². The second-order valence-electron chi connectivity index (χ2n) is 13.7. The van der Waals surface area contributed by atoms with Crippen LogP contribution in [-0.2, 0) is 38.4 Å². The molecule has 3 aliphatic carbocycles. The summed E-state index contributed by atoms with van der Waals surface area (Å²) >= 11 is 0. The van der Waals surface area contributed by atoms with Crippen LogP contribution >= 0.6 is 0 Å². The molecule has 0 unspecified atom stereocenters. The molecule has 0 amide bonds. The zero-order valence-electron chi connectivity index (χ0n) is 27.8. The molecule has 46 heavy (non-hydrogen) atoms. The van der Waals surface area contributed by atoms with Crippen molar-refractivity contribution in [2.75, 3.05) is 0 Å². The van der Waals surface area contributed by atoms with Gasteiger partial charge < -0.3 is 0 Å². The molecule has 8 nitrogen and oxygen atoms in total. The first kappa shape index (κ1) is 36.8. The standard InChI is InChI=1S/C38H48O8/c1-5-21-35(3)27(39)13-17-31(43)37(23-9-7-10-24-37)33(45)19-15-29(41)36(4,22-6-2)30(42)16-20-34(46)38(25-11-8-12-26-38)32(44)18-14-28(35)40/h13-20H,5-12,21-26H2,1-4H3. The summed E-state index contributed by atoms with van der Waals surface area (Å²) in [5, 5.41) is 0. The lowest BCUT2D eigenvalue weighted by molar-refractivity contribution is -0.139. The average molecular weight is 633 g/mol. The lowest BCUT2D eigenvalue weighted by atomic mass is 9.67. The largest absolute Gasteiger partial charge is 0.294 e. The topological polar surface area (TPSA) is 137 Å². The Balaban J connectivity index is 2.18. The van der Waals surface area contributed by atoms with E-state index in [0.717, 1.165) is 61.4 Å². The maximum Gasteiger partial charge on any atom is 0.169 e. The highest BCUT2D eigenvalue weighted by molar-refractivity contribution is 6.24. The molecule has 2 saturated carbocycles. The van der Waals surface area contributed by atoms with Gasteiger partial charge in [0.15, 0.2) is 46.3 Å². The molecule has 248 valence electrons. The Hall–Kier alpha value is -3.68. The lowest BCUT2D eigenvalue weighted by Crippen LogP contribution is -2.41. The van der Waals surface area contributed by atoms with Crippen LogP contribution in [0.2, 0.25) is 0 Å². The molecule has 3 rings (SSSR count). The molecule has 0 bridgehead atoms. The first-order valence-corrected chi connectivity index (χ1v) is 16.8. The summed E-state index contributed by atoms with van der Waals surface area (Å²) in [6, 6.07) is 0. The van der Waals surface area contributed by atoms with Gasteiger partial charge in [-0.1, -0.05) is 65.2 Å². The monoisotopic (exact) mass is 632 g/mol. The maximum absolute atomic E-state index is 13.7. The number of ketones is 8. The van der Waals surface area contributed by atoms with Crippen molar-refractivity contribution in [2.45, 2.75) is 118 Å². The van der Waals surface area contributed by atoms with Gasteiger partial charge in [0.1, 0.15) is 0 Å². The van der Waals surface area contributed by atoms with E-state index in [9.17, 15) is 38.4 Å². The average Bonchev–Trinajstić information content (AvgIpc) is 3.06. The third-order valence-corrected chi connectivity index (χ3v) is 10.5. The summed E-state index contributed by atoms with van der Waals surface area (Å²) in [5.74, 6) is -4.76. The van der Waals surface area contributed by atoms with Crippen molar-refractivity contribution < 1.29 is 38.4 Å². The molecule has 2 fully saturated rings. The van der Waals surface area contributed by atoms with E-state index in [2.05, 4.69) is 0 Å². The van der Waals surface area contributed by atoms with Crippen LogP contribution in [0.3, 0.4) is 0 Å². The van der Waals surface area contributed by atoms with Gasteiger partial charge in [-0.15, -0.1) is 0 Å². The molecule has 0 aromatic rings. The molecule has 0 N–H and O–H groups in total. The number of allylic oxidation sites excluding steroid dienone is 8. The van der Waals surface area contributed by atoms with E-state index in [4.69, 9.17) is 0 Å². The molecular formula is C38H48O8. The summed E-state index contributed by atoms with van der Waals surface area (Å²) in [5.41, 5.74) is -6.07. The van der Waals surface area contributed by atoms with Gasteiger partial charge in [-0.3, -0.25) is 38.4 Å². The quantitative estimate of drug-likeness (QED) is 0.330. The van der Waals surface area contributed by atoms with E-state index in [0.29, 0.717) is 38.5 Å². The molecule has 0 aromatic heterocycles. The number of carbonyl (C=O) groups is 8. The van der Waals surface area contributed by atoms with Gasteiger partial charge >= 0.3 is 0 Å². The van der Waals surface area contributed by atoms with Crippen LogP contribution in [-0.4, -0.2) is 46.3 Å². The van der Waals surface area contributed by atoms with E-state index in [1.165, 1.54) is 13.8 Å².